The highest BCUT2D eigenvalue weighted by molar-refractivity contribution is 8.00. The molecule has 1 aromatic carbocycles. The Morgan fingerprint density at radius 2 is 2.12 bits per heavy atom. The molecule has 0 aliphatic carbocycles. The maximum absolute atomic E-state index is 12.5. The maximum Gasteiger partial charge on any atom is 0.342 e. The van der Waals surface area contributed by atoms with Crippen molar-refractivity contribution >= 4 is 29.1 Å². The van der Waals surface area contributed by atoms with Crippen molar-refractivity contribution in [3.05, 3.63) is 44.6 Å². The molecular formula is C14H12N4O5S. The summed E-state index contributed by atoms with van der Waals surface area (Å²) in [5.74, 6) is -0.0567. The van der Waals surface area contributed by atoms with Gasteiger partial charge in [0.05, 0.1) is 10.9 Å². The van der Waals surface area contributed by atoms with Gasteiger partial charge in [0.1, 0.15) is 5.75 Å². The van der Waals surface area contributed by atoms with E-state index < -0.39 is 16.5 Å². The number of thioether (sulfide) groups is 1. The zero-order valence-electron chi connectivity index (χ0n) is 12.4. The molecule has 0 radical (unpaired) electrons. The molecule has 3 N–H and O–H groups in total. The molecule has 1 unspecified atom stereocenters. The van der Waals surface area contributed by atoms with Crippen molar-refractivity contribution in [1.29, 1.82) is 0 Å². The van der Waals surface area contributed by atoms with Gasteiger partial charge in [0.15, 0.2) is 17.4 Å². The summed E-state index contributed by atoms with van der Waals surface area (Å²) in [5, 5.41) is 7.74. The van der Waals surface area contributed by atoms with Crippen LogP contribution in [0.5, 0.6) is 5.75 Å². The van der Waals surface area contributed by atoms with E-state index in [0.29, 0.717) is 17.0 Å². The first-order valence-corrected chi connectivity index (χ1v) is 7.78. The lowest BCUT2D eigenvalue weighted by molar-refractivity contribution is -0.118. The smallest absolute Gasteiger partial charge is 0.342 e. The third-order valence-electron chi connectivity index (χ3n) is 3.23. The van der Waals surface area contributed by atoms with Crippen LogP contribution in [0.1, 0.15) is 17.3 Å². The van der Waals surface area contributed by atoms with Gasteiger partial charge in [0, 0.05) is 5.56 Å². The summed E-state index contributed by atoms with van der Waals surface area (Å²) in [6.45, 7) is 1.56. The molecule has 2 aromatic rings. The van der Waals surface area contributed by atoms with Crippen molar-refractivity contribution in [3.8, 4) is 5.75 Å². The van der Waals surface area contributed by atoms with Crippen LogP contribution in [0.2, 0.25) is 0 Å². The highest BCUT2D eigenvalue weighted by Gasteiger charge is 2.22. The molecule has 9 nitrogen and oxygen atoms in total. The molecule has 0 fully saturated rings. The fraction of sp³-hybridized carbons (Fsp3) is 0.214. The van der Waals surface area contributed by atoms with Crippen LogP contribution < -0.4 is 21.3 Å². The third-order valence-corrected chi connectivity index (χ3v) is 4.30. The van der Waals surface area contributed by atoms with Gasteiger partial charge in [0.25, 0.3) is 11.5 Å². The molecule has 1 amide bonds. The van der Waals surface area contributed by atoms with Crippen LogP contribution >= 0.6 is 11.8 Å². The van der Waals surface area contributed by atoms with Gasteiger partial charge >= 0.3 is 5.69 Å². The molecule has 0 spiro atoms. The number of Topliss-reactive ketones (excluding diaryl/α,β-unsaturated/α-hetero) is 1. The molecule has 1 atom stereocenters. The van der Waals surface area contributed by atoms with Crippen molar-refractivity contribution in [1.82, 2.24) is 15.2 Å². The van der Waals surface area contributed by atoms with Crippen LogP contribution in [0, 0.1) is 0 Å². The quantitative estimate of drug-likeness (QED) is 0.529. The minimum atomic E-state index is -0.714. The van der Waals surface area contributed by atoms with E-state index >= 15 is 0 Å². The molecule has 0 saturated carbocycles. The highest BCUT2D eigenvalue weighted by Crippen LogP contribution is 2.30. The Morgan fingerprint density at radius 1 is 1.33 bits per heavy atom. The topological polar surface area (TPSA) is 134 Å². The summed E-state index contributed by atoms with van der Waals surface area (Å²) < 4.78 is 5.24. The SMILES string of the molecule is CC(Sc1n[nH]c(=O)[nH]c1=O)C(=O)c1ccc2c(c1)NC(=O)CO2. The lowest BCUT2D eigenvalue weighted by Crippen LogP contribution is -2.27. The van der Waals surface area contributed by atoms with Gasteiger partial charge in [-0.3, -0.25) is 19.4 Å². The number of aromatic amines is 2. The number of ether oxygens (including phenoxy) is 1. The van der Waals surface area contributed by atoms with Crippen molar-refractivity contribution in [3.63, 3.8) is 0 Å². The molecule has 2 heterocycles. The highest BCUT2D eigenvalue weighted by atomic mass is 32.2. The summed E-state index contributed by atoms with van der Waals surface area (Å²) in [7, 11) is 0. The second kappa shape index (κ2) is 6.32. The fourth-order valence-electron chi connectivity index (χ4n) is 2.11. The first-order valence-electron chi connectivity index (χ1n) is 6.90. The van der Waals surface area contributed by atoms with Crippen molar-refractivity contribution < 1.29 is 14.3 Å². The predicted molar refractivity (Wildman–Crippen MR) is 85.7 cm³/mol. The summed E-state index contributed by atoms with van der Waals surface area (Å²) in [5.41, 5.74) is -0.585. The number of aromatic nitrogens is 3. The van der Waals surface area contributed by atoms with Gasteiger partial charge in [-0.2, -0.15) is 5.10 Å². The van der Waals surface area contributed by atoms with Gasteiger partial charge < -0.3 is 10.1 Å². The number of hydrogen-bond donors (Lipinski definition) is 3. The van der Waals surface area contributed by atoms with E-state index in [4.69, 9.17) is 4.74 Å². The standard InChI is InChI=1S/C14H12N4O5S/c1-6(24-13-12(21)16-14(22)18-17-13)11(20)7-2-3-9-8(4-7)15-10(19)5-23-9/h2-4,6H,5H2,1H3,(H,15,19)(H2,16,18,21,22). The van der Waals surface area contributed by atoms with Crippen LogP contribution in [0.15, 0.2) is 32.8 Å². The monoisotopic (exact) mass is 348 g/mol. The summed E-state index contributed by atoms with van der Waals surface area (Å²) >= 11 is 0.927. The Kier molecular flexibility index (Phi) is 4.21. The Labute approximate surface area is 138 Å². The fourth-order valence-corrected chi connectivity index (χ4v) is 2.94. The zero-order valence-corrected chi connectivity index (χ0v) is 13.2. The molecule has 1 aliphatic rings. The van der Waals surface area contributed by atoms with E-state index in [1.807, 2.05) is 4.98 Å². The minimum absolute atomic E-state index is 0.00922. The second-order valence-corrected chi connectivity index (χ2v) is 6.31. The number of carbonyl (C=O) groups excluding carboxylic acids is 2. The Bertz CT molecular complexity index is 935. The molecule has 24 heavy (non-hydrogen) atoms. The minimum Gasteiger partial charge on any atom is -0.482 e. The lowest BCUT2D eigenvalue weighted by Gasteiger charge is -2.18. The Balaban J connectivity index is 1.81. The van der Waals surface area contributed by atoms with Crippen LogP contribution in [-0.2, 0) is 4.79 Å². The number of H-pyrrole nitrogens is 2. The maximum atomic E-state index is 12.5. The number of nitrogens with zero attached hydrogens (tertiary/aromatic N) is 1. The molecule has 10 heteroatoms. The van der Waals surface area contributed by atoms with E-state index in [9.17, 15) is 19.2 Å². The third kappa shape index (κ3) is 3.23. The number of amides is 1. The first kappa shape index (κ1) is 16.0. The number of carbonyl (C=O) groups is 2. The molecule has 0 saturated heterocycles. The molecule has 0 bridgehead atoms. The van der Waals surface area contributed by atoms with E-state index in [2.05, 4.69) is 15.5 Å². The number of ketones is 1. The Hall–Kier alpha value is -2.88. The number of hydrogen-bond acceptors (Lipinski definition) is 7. The predicted octanol–water partition coefficient (Wildman–Crippen LogP) is 0.153. The van der Waals surface area contributed by atoms with Gasteiger partial charge in [0.2, 0.25) is 0 Å². The van der Waals surface area contributed by atoms with E-state index in [1.165, 1.54) is 6.07 Å². The van der Waals surface area contributed by atoms with Crippen molar-refractivity contribution in [2.45, 2.75) is 17.2 Å². The van der Waals surface area contributed by atoms with Crippen LogP contribution in [0.3, 0.4) is 0 Å². The number of benzene rings is 1. The molecule has 3 rings (SSSR count). The largest absolute Gasteiger partial charge is 0.482 e. The van der Waals surface area contributed by atoms with E-state index in [-0.39, 0.29) is 23.3 Å². The van der Waals surface area contributed by atoms with Gasteiger partial charge in [-0.25, -0.2) is 9.89 Å². The number of fused-ring (bicyclic) bond motifs is 1. The summed E-state index contributed by atoms with van der Waals surface area (Å²) in [4.78, 5) is 48.5. The number of nitrogens with one attached hydrogen (secondary N) is 3. The van der Waals surface area contributed by atoms with E-state index in [0.717, 1.165) is 11.8 Å². The number of anilines is 1. The molecular weight excluding hydrogens is 336 g/mol. The number of rotatable bonds is 4. The molecule has 124 valence electrons. The van der Waals surface area contributed by atoms with Gasteiger partial charge in [-0.15, -0.1) is 0 Å². The van der Waals surface area contributed by atoms with Crippen LogP contribution in [-0.4, -0.2) is 38.7 Å². The first-order chi connectivity index (χ1) is 11.4. The van der Waals surface area contributed by atoms with Crippen molar-refractivity contribution in [2.24, 2.45) is 0 Å². The molecule has 1 aliphatic heterocycles. The average Bonchev–Trinajstić information content (AvgIpc) is 2.56. The van der Waals surface area contributed by atoms with E-state index in [1.54, 1.807) is 19.1 Å². The van der Waals surface area contributed by atoms with Crippen molar-refractivity contribution in [2.75, 3.05) is 11.9 Å². The van der Waals surface area contributed by atoms with Crippen LogP contribution in [0.25, 0.3) is 0 Å². The normalized spacial score (nSPS) is 14.3. The van der Waals surface area contributed by atoms with Crippen LogP contribution in [0.4, 0.5) is 5.69 Å². The Morgan fingerprint density at radius 3 is 2.88 bits per heavy atom. The summed E-state index contributed by atoms with van der Waals surface area (Å²) in [6, 6.07) is 4.71. The van der Waals surface area contributed by atoms with Gasteiger partial charge in [-0.05, 0) is 25.1 Å². The van der Waals surface area contributed by atoms with Gasteiger partial charge in [-0.1, -0.05) is 11.8 Å². The average molecular weight is 348 g/mol. The molecule has 1 aromatic heterocycles. The summed E-state index contributed by atoms with van der Waals surface area (Å²) in [6.07, 6.45) is 0. The second-order valence-electron chi connectivity index (χ2n) is 4.98. The zero-order chi connectivity index (χ0) is 17.3. The lowest BCUT2D eigenvalue weighted by atomic mass is 10.1.